The molecule has 23 heavy (non-hydrogen) atoms. The average Bonchev–Trinajstić information content (AvgIpc) is 2.75. The Kier molecular flexibility index (Phi) is 4.11. The summed E-state index contributed by atoms with van der Waals surface area (Å²) in [5.41, 5.74) is 1.08. The van der Waals surface area contributed by atoms with Gasteiger partial charge in [-0.3, -0.25) is 4.98 Å². The minimum atomic E-state index is -0.272. The fourth-order valence-corrected chi connectivity index (χ4v) is 3.23. The van der Waals surface area contributed by atoms with Crippen LogP contribution in [0.3, 0.4) is 0 Å². The first-order valence-corrected chi connectivity index (χ1v) is 8.29. The number of anilines is 1. The van der Waals surface area contributed by atoms with Crippen molar-refractivity contribution in [2.75, 3.05) is 18.0 Å². The van der Waals surface area contributed by atoms with E-state index in [9.17, 15) is 5.26 Å². The largest absolute Gasteiger partial charge is 0.461 e. The summed E-state index contributed by atoms with van der Waals surface area (Å²) in [6.45, 7) is 10.2. The van der Waals surface area contributed by atoms with E-state index in [0.717, 1.165) is 31.6 Å². The Morgan fingerprint density at radius 3 is 2.39 bits per heavy atom. The predicted octanol–water partition coefficient (Wildman–Crippen LogP) is 3.02. The molecule has 2 aliphatic rings. The highest BCUT2D eigenvalue weighted by molar-refractivity contribution is 6.47. The summed E-state index contributed by atoms with van der Waals surface area (Å²) in [5, 5.41) is 9.24. The fraction of sp³-hybridized carbons (Fsp3) is 0.647. The summed E-state index contributed by atoms with van der Waals surface area (Å²) in [5.74, 6) is 0.398. The van der Waals surface area contributed by atoms with Gasteiger partial charge < -0.3 is 14.2 Å². The van der Waals surface area contributed by atoms with Crippen molar-refractivity contribution in [3.05, 3.63) is 24.0 Å². The monoisotopic (exact) mass is 313 g/mol. The van der Waals surface area contributed by atoms with E-state index < -0.39 is 0 Å². The summed E-state index contributed by atoms with van der Waals surface area (Å²) < 4.78 is 12.4. The Hall–Kier alpha value is -1.58. The fourth-order valence-electron chi connectivity index (χ4n) is 3.23. The highest BCUT2D eigenvalue weighted by Gasteiger charge is 2.53. The van der Waals surface area contributed by atoms with Crippen LogP contribution >= 0.6 is 0 Å². The number of rotatable bonds is 2. The van der Waals surface area contributed by atoms with Gasteiger partial charge in [-0.05, 0) is 52.4 Å². The number of nitrogens with zero attached hydrogens (tertiary/aromatic N) is 3. The molecule has 3 rings (SSSR count). The number of hydrogen-bond acceptors (Lipinski definition) is 5. The maximum Gasteiger partial charge on any atom is 0.461 e. The van der Waals surface area contributed by atoms with E-state index in [1.54, 1.807) is 18.5 Å². The van der Waals surface area contributed by atoms with Crippen LogP contribution in [0.1, 0.15) is 46.1 Å². The third-order valence-corrected chi connectivity index (χ3v) is 5.46. The molecular formula is C17H24BN3O2. The molecule has 0 aliphatic carbocycles. The molecule has 2 fully saturated rings. The molecule has 0 amide bonds. The topological polar surface area (TPSA) is 58.4 Å². The zero-order chi connectivity index (χ0) is 16.7. The molecule has 0 spiro atoms. The van der Waals surface area contributed by atoms with Gasteiger partial charge in [0.15, 0.2) is 0 Å². The van der Waals surface area contributed by atoms with E-state index in [0.29, 0.717) is 11.4 Å². The minimum absolute atomic E-state index is 0.133. The summed E-state index contributed by atoms with van der Waals surface area (Å²) in [7, 11) is -0.133. The standard InChI is InChI=1S/C17H24BN3O2/c1-16(2)17(3,4)23-18(22-16)14-6-9-21(10-7-14)15-12-20-8-5-13(15)11-19/h5,8,12,14H,6-7,9-10H2,1-4H3. The van der Waals surface area contributed by atoms with Crippen LogP contribution in [0.5, 0.6) is 0 Å². The van der Waals surface area contributed by atoms with Gasteiger partial charge in [0, 0.05) is 19.3 Å². The Labute approximate surface area is 138 Å². The molecule has 2 saturated heterocycles. The Morgan fingerprint density at radius 1 is 1.22 bits per heavy atom. The quantitative estimate of drug-likeness (QED) is 0.786. The lowest BCUT2D eigenvalue weighted by Crippen LogP contribution is -2.41. The minimum Gasteiger partial charge on any atom is -0.403 e. The highest BCUT2D eigenvalue weighted by Crippen LogP contribution is 2.43. The molecule has 1 aromatic rings. The Morgan fingerprint density at radius 2 is 1.83 bits per heavy atom. The normalized spacial score (nSPS) is 23.8. The molecule has 0 aromatic carbocycles. The van der Waals surface area contributed by atoms with Crippen molar-refractivity contribution in [2.45, 2.75) is 57.6 Å². The van der Waals surface area contributed by atoms with Crippen LogP contribution in [0.4, 0.5) is 5.69 Å². The second-order valence-corrected chi connectivity index (χ2v) is 7.45. The predicted molar refractivity (Wildman–Crippen MR) is 90.2 cm³/mol. The van der Waals surface area contributed by atoms with E-state index in [1.807, 2.05) is 0 Å². The highest BCUT2D eigenvalue weighted by atomic mass is 16.7. The van der Waals surface area contributed by atoms with Gasteiger partial charge in [0.05, 0.1) is 28.6 Å². The van der Waals surface area contributed by atoms with Gasteiger partial charge in [-0.15, -0.1) is 0 Å². The van der Waals surface area contributed by atoms with Crippen LogP contribution in [0.15, 0.2) is 18.5 Å². The maximum atomic E-state index is 9.24. The van der Waals surface area contributed by atoms with Crippen LogP contribution in [0.25, 0.3) is 0 Å². The number of nitriles is 1. The Balaban J connectivity index is 1.65. The molecule has 2 aliphatic heterocycles. The Bertz CT molecular complexity index is 603. The van der Waals surface area contributed by atoms with Gasteiger partial charge in [-0.25, -0.2) is 0 Å². The van der Waals surface area contributed by atoms with Crippen LogP contribution in [-0.2, 0) is 9.31 Å². The first kappa shape index (κ1) is 16.3. The van der Waals surface area contributed by atoms with Gasteiger partial charge in [0.2, 0.25) is 0 Å². The van der Waals surface area contributed by atoms with Crippen LogP contribution in [-0.4, -0.2) is 36.4 Å². The molecule has 0 saturated carbocycles. The second-order valence-electron chi connectivity index (χ2n) is 7.45. The molecule has 3 heterocycles. The summed E-state index contributed by atoms with van der Waals surface area (Å²) in [6.07, 6.45) is 5.44. The van der Waals surface area contributed by atoms with Crippen molar-refractivity contribution in [1.82, 2.24) is 4.98 Å². The molecule has 0 unspecified atom stereocenters. The summed E-state index contributed by atoms with van der Waals surface area (Å²) in [4.78, 5) is 6.40. The first-order chi connectivity index (χ1) is 10.8. The van der Waals surface area contributed by atoms with Crippen LogP contribution < -0.4 is 4.90 Å². The maximum absolute atomic E-state index is 9.24. The lowest BCUT2D eigenvalue weighted by atomic mass is 9.66. The van der Waals surface area contributed by atoms with Gasteiger partial charge >= 0.3 is 7.12 Å². The van der Waals surface area contributed by atoms with Crippen molar-refractivity contribution in [3.63, 3.8) is 0 Å². The van der Waals surface area contributed by atoms with Crippen molar-refractivity contribution in [3.8, 4) is 6.07 Å². The zero-order valence-electron chi connectivity index (χ0n) is 14.4. The number of hydrogen-bond donors (Lipinski definition) is 0. The van der Waals surface area contributed by atoms with E-state index in [-0.39, 0.29) is 18.3 Å². The molecular weight excluding hydrogens is 289 g/mol. The lowest BCUT2D eigenvalue weighted by Gasteiger charge is -2.34. The summed E-state index contributed by atoms with van der Waals surface area (Å²) >= 11 is 0. The molecule has 6 heteroatoms. The number of piperidine rings is 1. The molecule has 0 radical (unpaired) electrons. The van der Waals surface area contributed by atoms with E-state index >= 15 is 0 Å². The first-order valence-electron chi connectivity index (χ1n) is 8.29. The second kappa shape index (κ2) is 5.81. The van der Waals surface area contributed by atoms with Crippen molar-refractivity contribution < 1.29 is 9.31 Å². The summed E-state index contributed by atoms with van der Waals surface area (Å²) in [6, 6.07) is 4.02. The van der Waals surface area contributed by atoms with E-state index in [1.165, 1.54) is 0 Å². The van der Waals surface area contributed by atoms with Crippen molar-refractivity contribution >= 4 is 12.8 Å². The van der Waals surface area contributed by atoms with Gasteiger partial charge in [-0.2, -0.15) is 5.26 Å². The van der Waals surface area contributed by atoms with E-state index in [4.69, 9.17) is 9.31 Å². The SMILES string of the molecule is CC1(C)OB(C2CCN(c3cnccc3C#N)CC2)OC1(C)C. The molecule has 122 valence electrons. The third-order valence-electron chi connectivity index (χ3n) is 5.46. The molecule has 5 nitrogen and oxygen atoms in total. The molecule has 0 bridgehead atoms. The lowest BCUT2D eigenvalue weighted by molar-refractivity contribution is 0.00578. The van der Waals surface area contributed by atoms with Gasteiger partial charge in [0.1, 0.15) is 6.07 Å². The zero-order valence-corrected chi connectivity index (χ0v) is 14.4. The molecule has 0 N–H and O–H groups in total. The van der Waals surface area contributed by atoms with Gasteiger partial charge in [-0.1, -0.05) is 0 Å². The van der Waals surface area contributed by atoms with Gasteiger partial charge in [0.25, 0.3) is 0 Å². The number of pyridine rings is 1. The molecule has 1 aromatic heterocycles. The van der Waals surface area contributed by atoms with Crippen LogP contribution in [0, 0.1) is 11.3 Å². The van der Waals surface area contributed by atoms with E-state index in [2.05, 4.69) is 43.6 Å². The number of aromatic nitrogens is 1. The van der Waals surface area contributed by atoms with Crippen LogP contribution in [0.2, 0.25) is 5.82 Å². The van der Waals surface area contributed by atoms with Crippen molar-refractivity contribution in [1.29, 1.82) is 5.26 Å². The average molecular weight is 313 g/mol. The van der Waals surface area contributed by atoms with Crippen molar-refractivity contribution in [2.24, 2.45) is 0 Å². The molecule has 0 atom stereocenters. The smallest absolute Gasteiger partial charge is 0.403 e. The third kappa shape index (κ3) is 2.96.